The van der Waals surface area contributed by atoms with E-state index in [0.29, 0.717) is 0 Å². The lowest BCUT2D eigenvalue weighted by Crippen LogP contribution is -2.46. The van der Waals surface area contributed by atoms with E-state index in [2.05, 4.69) is 16.0 Å². The number of carboxylic acid groups (broad SMARTS) is 1. The maximum absolute atomic E-state index is 14.8. The van der Waals surface area contributed by atoms with Crippen molar-refractivity contribution in [2.45, 2.75) is 45.2 Å². The first-order valence-corrected chi connectivity index (χ1v) is 13.0. The average molecular weight is 557 g/mol. The van der Waals surface area contributed by atoms with Gasteiger partial charge in [-0.2, -0.15) is 0 Å². The number of carbonyl (C=O) groups is 4. The lowest BCUT2D eigenvalue weighted by atomic mass is 9.96. The van der Waals surface area contributed by atoms with Crippen molar-refractivity contribution >= 4 is 23.7 Å². The molecule has 0 saturated heterocycles. The van der Waals surface area contributed by atoms with E-state index in [1.54, 1.807) is 42.5 Å². The van der Waals surface area contributed by atoms with Crippen molar-refractivity contribution in [2.24, 2.45) is 17.6 Å². The molecule has 2 aromatic rings. The number of rotatable bonds is 15. The lowest BCUT2D eigenvalue weighted by molar-refractivity contribution is -0.142. The molecule has 0 aliphatic carbocycles. The molecular weight excluding hydrogens is 519 g/mol. The Hall–Kier alpha value is -4.25. The quantitative estimate of drug-likeness (QED) is 0.194. The Bertz CT molecular complexity index is 1170. The molecule has 40 heavy (non-hydrogen) atoms. The van der Waals surface area contributed by atoms with Gasteiger partial charge in [0.15, 0.2) is 0 Å². The van der Waals surface area contributed by atoms with Gasteiger partial charge in [-0.15, -0.1) is 0 Å². The Kier molecular flexibility index (Phi) is 12.8. The molecule has 216 valence electrons. The summed E-state index contributed by atoms with van der Waals surface area (Å²) >= 11 is 0. The lowest BCUT2D eigenvalue weighted by Gasteiger charge is -2.20. The predicted octanol–water partition coefficient (Wildman–Crippen LogP) is 1.82. The SMILES string of the molecule is CC(C)C[C@H](NC(=O)[C@@H](/C=C(\F)CNC(=O)CNC(=O)[C@@H](N)Cc1ccc(O)cc1)Cc1ccccc1)C(=O)O. The highest BCUT2D eigenvalue weighted by molar-refractivity contribution is 5.88. The van der Waals surface area contributed by atoms with Crippen molar-refractivity contribution in [3.63, 3.8) is 0 Å². The number of halogens is 1. The van der Waals surface area contributed by atoms with Gasteiger partial charge in [-0.05, 0) is 54.5 Å². The van der Waals surface area contributed by atoms with E-state index >= 15 is 0 Å². The molecule has 2 aromatic carbocycles. The number of hydrogen-bond donors (Lipinski definition) is 6. The third-order valence-electron chi connectivity index (χ3n) is 5.95. The van der Waals surface area contributed by atoms with Crippen LogP contribution in [0.1, 0.15) is 31.4 Å². The van der Waals surface area contributed by atoms with Gasteiger partial charge < -0.3 is 31.9 Å². The van der Waals surface area contributed by atoms with Crippen LogP contribution in [0.3, 0.4) is 0 Å². The minimum atomic E-state index is -1.18. The second-order valence-electron chi connectivity index (χ2n) is 9.91. The summed E-state index contributed by atoms with van der Waals surface area (Å²) in [5, 5.41) is 26.0. The number of aromatic hydroxyl groups is 1. The van der Waals surface area contributed by atoms with Gasteiger partial charge in [-0.25, -0.2) is 9.18 Å². The highest BCUT2D eigenvalue weighted by Crippen LogP contribution is 2.15. The molecule has 10 nitrogen and oxygen atoms in total. The van der Waals surface area contributed by atoms with Crippen LogP contribution in [-0.2, 0) is 32.0 Å². The van der Waals surface area contributed by atoms with Crippen molar-refractivity contribution in [1.29, 1.82) is 0 Å². The Balaban J connectivity index is 1.95. The second kappa shape index (κ2) is 16.0. The largest absolute Gasteiger partial charge is 0.508 e. The topological polar surface area (TPSA) is 171 Å². The minimum absolute atomic E-state index is 0.0133. The predicted molar refractivity (Wildman–Crippen MR) is 148 cm³/mol. The number of nitrogens with one attached hydrogen (secondary N) is 3. The van der Waals surface area contributed by atoms with Crippen LogP contribution >= 0.6 is 0 Å². The normalized spacial score (nSPS) is 13.7. The van der Waals surface area contributed by atoms with Gasteiger partial charge in [0.05, 0.1) is 25.0 Å². The van der Waals surface area contributed by atoms with Crippen LogP contribution in [0.2, 0.25) is 0 Å². The number of carbonyl (C=O) groups excluding carboxylic acids is 3. The van der Waals surface area contributed by atoms with E-state index in [9.17, 15) is 33.8 Å². The molecular formula is C29H37FN4O6. The molecule has 0 fully saturated rings. The number of phenolic OH excluding ortho intramolecular Hbond substituents is 1. The van der Waals surface area contributed by atoms with Crippen LogP contribution in [0.4, 0.5) is 4.39 Å². The zero-order valence-electron chi connectivity index (χ0n) is 22.6. The monoisotopic (exact) mass is 556 g/mol. The number of phenols is 1. The third-order valence-corrected chi connectivity index (χ3v) is 5.95. The first kappa shape index (κ1) is 32.0. The summed E-state index contributed by atoms with van der Waals surface area (Å²) in [6.07, 6.45) is 1.58. The van der Waals surface area contributed by atoms with Crippen LogP contribution in [0.25, 0.3) is 0 Å². The summed E-state index contributed by atoms with van der Waals surface area (Å²) in [4.78, 5) is 49.0. The maximum Gasteiger partial charge on any atom is 0.326 e. The highest BCUT2D eigenvalue weighted by atomic mass is 19.1. The van der Waals surface area contributed by atoms with Gasteiger partial charge in [-0.3, -0.25) is 14.4 Å². The number of aliphatic carboxylic acids is 1. The van der Waals surface area contributed by atoms with Gasteiger partial charge in [0.1, 0.15) is 17.6 Å². The summed E-state index contributed by atoms with van der Waals surface area (Å²) in [6, 6.07) is 13.0. The van der Waals surface area contributed by atoms with Crippen LogP contribution in [-0.4, -0.2) is 59.1 Å². The molecule has 0 aromatic heterocycles. The number of benzene rings is 2. The van der Waals surface area contributed by atoms with Gasteiger partial charge >= 0.3 is 5.97 Å². The zero-order valence-corrected chi connectivity index (χ0v) is 22.6. The molecule has 2 rings (SSSR count). The fraction of sp³-hybridized carbons (Fsp3) is 0.379. The maximum atomic E-state index is 14.8. The number of carboxylic acids is 1. The van der Waals surface area contributed by atoms with E-state index in [1.807, 2.05) is 13.8 Å². The summed E-state index contributed by atoms with van der Waals surface area (Å²) < 4.78 is 14.8. The average Bonchev–Trinajstić information content (AvgIpc) is 2.91. The van der Waals surface area contributed by atoms with Gasteiger partial charge in [0, 0.05) is 0 Å². The molecule has 3 amide bonds. The molecule has 0 spiro atoms. The summed E-state index contributed by atoms with van der Waals surface area (Å²) in [7, 11) is 0. The van der Waals surface area contributed by atoms with Crippen molar-refractivity contribution in [3.8, 4) is 5.75 Å². The van der Waals surface area contributed by atoms with E-state index in [4.69, 9.17) is 5.73 Å². The van der Waals surface area contributed by atoms with Crippen molar-refractivity contribution in [1.82, 2.24) is 16.0 Å². The molecule has 0 saturated carbocycles. The van der Waals surface area contributed by atoms with Gasteiger partial charge in [0.2, 0.25) is 17.7 Å². The molecule has 0 bridgehead atoms. The molecule has 0 aliphatic heterocycles. The fourth-order valence-corrected chi connectivity index (χ4v) is 3.87. The third kappa shape index (κ3) is 11.6. The molecule has 0 aliphatic rings. The zero-order chi connectivity index (χ0) is 29.7. The molecule has 11 heteroatoms. The summed E-state index contributed by atoms with van der Waals surface area (Å²) in [5.41, 5.74) is 7.35. The summed E-state index contributed by atoms with van der Waals surface area (Å²) in [6.45, 7) is 2.70. The Morgan fingerprint density at radius 3 is 2.12 bits per heavy atom. The number of amides is 3. The molecule has 0 heterocycles. The first-order valence-electron chi connectivity index (χ1n) is 13.0. The Labute approximate surface area is 232 Å². The number of nitrogens with two attached hydrogens (primary N) is 1. The van der Waals surface area contributed by atoms with Crippen molar-refractivity contribution < 1.29 is 33.8 Å². The van der Waals surface area contributed by atoms with Crippen LogP contribution < -0.4 is 21.7 Å². The standard InChI is InChI=1S/C29H37FN4O6/c1-18(2)12-25(29(39)40)34-27(37)21(13-19-6-4-3-5-7-19)15-22(30)16-32-26(36)17-33-28(38)24(31)14-20-8-10-23(35)11-9-20/h3-11,15,18,21,24-25,35H,12-14,16-17,31H2,1-2H3,(H,32,36)(H,33,38)(H,34,37)(H,39,40)/b22-15-/t21-,24+,25+/m1/s1. The fourth-order valence-electron chi connectivity index (χ4n) is 3.87. The smallest absolute Gasteiger partial charge is 0.326 e. The first-order chi connectivity index (χ1) is 18.9. The van der Waals surface area contributed by atoms with Crippen molar-refractivity contribution in [3.05, 3.63) is 77.6 Å². The minimum Gasteiger partial charge on any atom is -0.508 e. The second-order valence-corrected chi connectivity index (χ2v) is 9.91. The van der Waals surface area contributed by atoms with E-state index in [0.717, 1.165) is 17.2 Å². The van der Waals surface area contributed by atoms with Crippen LogP contribution in [0, 0.1) is 11.8 Å². The molecule has 7 N–H and O–H groups in total. The molecule has 0 radical (unpaired) electrons. The number of hydrogen-bond acceptors (Lipinski definition) is 6. The molecule has 0 unspecified atom stereocenters. The van der Waals surface area contributed by atoms with Crippen molar-refractivity contribution in [2.75, 3.05) is 13.1 Å². The summed E-state index contributed by atoms with van der Waals surface area (Å²) in [5.74, 6) is -4.78. The van der Waals surface area contributed by atoms with Crippen LogP contribution in [0.5, 0.6) is 5.75 Å². The van der Waals surface area contributed by atoms with Gasteiger partial charge in [0.25, 0.3) is 0 Å². The van der Waals surface area contributed by atoms with E-state index in [-0.39, 0.29) is 30.9 Å². The van der Waals surface area contributed by atoms with Gasteiger partial charge in [-0.1, -0.05) is 56.3 Å². The highest BCUT2D eigenvalue weighted by Gasteiger charge is 2.26. The van der Waals surface area contributed by atoms with E-state index in [1.165, 1.54) is 12.1 Å². The Morgan fingerprint density at radius 2 is 1.52 bits per heavy atom. The van der Waals surface area contributed by atoms with E-state index < -0.39 is 60.6 Å². The molecule has 3 atom stereocenters. The van der Waals surface area contributed by atoms with Crippen LogP contribution in [0.15, 0.2) is 66.5 Å². The Morgan fingerprint density at radius 1 is 0.900 bits per heavy atom.